The lowest BCUT2D eigenvalue weighted by atomic mass is 10.1. The second kappa shape index (κ2) is 6.48. The van der Waals surface area contributed by atoms with Gasteiger partial charge in [0.25, 0.3) is 0 Å². The molecular formula is C17H18N2O2S. The number of hydrogen-bond donors (Lipinski definition) is 0. The van der Waals surface area contributed by atoms with Crippen LogP contribution < -0.4 is 0 Å². The average molecular weight is 314 g/mol. The van der Waals surface area contributed by atoms with Gasteiger partial charge in [-0.2, -0.15) is 0 Å². The molecule has 5 heteroatoms. The largest absolute Gasteiger partial charge is 0.338 e. The molecule has 1 aromatic carbocycles. The molecule has 1 amide bonds. The Kier molecular flexibility index (Phi) is 4.43. The lowest BCUT2D eigenvalue weighted by molar-refractivity contribution is -0.128. The molecule has 114 valence electrons. The molecule has 2 aromatic rings. The van der Waals surface area contributed by atoms with Crippen molar-refractivity contribution >= 4 is 33.7 Å². The highest BCUT2D eigenvalue weighted by molar-refractivity contribution is 8.13. The standard InChI is InChI=1S/C17H18N2O2S/c1-12(20)22-11-13-8-17(21)19(9-13)10-14-6-7-18-16-5-3-2-4-15(14)16/h2-7,13H,8-11H2,1H3. The number of carbonyl (C=O) groups is 2. The van der Waals surface area contributed by atoms with Crippen LogP contribution >= 0.6 is 11.8 Å². The van der Waals surface area contributed by atoms with Crippen LogP contribution in [0.2, 0.25) is 0 Å². The molecule has 0 N–H and O–H groups in total. The Morgan fingerprint density at radius 2 is 2.18 bits per heavy atom. The lowest BCUT2D eigenvalue weighted by Crippen LogP contribution is -2.25. The van der Waals surface area contributed by atoms with Gasteiger partial charge in [0.05, 0.1) is 5.52 Å². The van der Waals surface area contributed by atoms with Gasteiger partial charge < -0.3 is 4.90 Å². The third-order valence-electron chi connectivity index (χ3n) is 3.92. The molecule has 1 aromatic heterocycles. The number of hydrogen-bond acceptors (Lipinski definition) is 4. The number of thioether (sulfide) groups is 1. The number of rotatable bonds is 4. The zero-order chi connectivity index (χ0) is 15.5. The van der Waals surface area contributed by atoms with Crippen molar-refractivity contribution in [2.75, 3.05) is 12.3 Å². The molecule has 0 spiro atoms. The van der Waals surface area contributed by atoms with Crippen molar-refractivity contribution in [3.8, 4) is 0 Å². The van der Waals surface area contributed by atoms with E-state index in [0.717, 1.165) is 28.8 Å². The Hall–Kier alpha value is -1.88. The van der Waals surface area contributed by atoms with Gasteiger partial charge in [-0.25, -0.2) is 0 Å². The summed E-state index contributed by atoms with van der Waals surface area (Å²) in [4.78, 5) is 29.5. The van der Waals surface area contributed by atoms with E-state index in [-0.39, 0.29) is 16.9 Å². The Morgan fingerprint density at radius 3 is 3.00 bits per heavy atom. The summed E-state index contributed by atoms with van der Waals surface area (Å²) in [6, 6.07) is 9.96. The zero-order valence-electron chi connectivity index (χ0n) is 12.5. The highest BCUT2D eigenvalue weighted by atomic mass is 32.2. The molecular weight excluding hydrogens is 296 g/mol. The summed E-state index contributed by atoms with van der Waals surface area (Å²) in [6.45, 7) is 2.92. The maximum Gasteiger partial charge on any atom is 0.223 e. The Balaban J connectivity index is 1.72. The highest BCUT2D eigenvalue weighted by Crippen LogP contribution is 2.25. The first-order valence-electron chi connectivity index (χ1n) is 7.37. The van der Waals surface area contributed by atoms with Crippen LogP contribution in [0.4, 0.5) is 0 Å². The molecule has 2 heterocycles. The molecule has 1 atom stereocenters. The Bertz CT molecular complexity index is 711. The zero-order valence-corrected chi connectivity index (χ0v) is 13.3. The molecule has 1 aliphatic rings. The fraction of sp³-hybridized carbons (Fsp3) is 0.353. The molecule has 0 saturated carbocycles. The van der Waals surface area contributed by atoms with Crippen LogP contribution in [-0.2, 0) is 16.1 Å². The maximum atomic E-state index is 12.2. The fourth-order valence-corrected chi connectivity index (χ4v) is 3.55. The normalized spacial score (nSPS) is 18.1. The average Bonchev–Trinajstić information content (AvgIpc) is 2.86. The van der Waals surface area contributed by atoms with Gasteiger partial charge in [0.15, 0.2) is 5.12 Å². The van der Waals surface area contributed by atoms with Crippen LogP contribution in [0.3, 0.4) is 0 Å². The van der Waals surface area contributed by atoms with Crippen LogP contribution in [0.25, 0.3) is 10.9 Å². The summed E-state index contributed by atoms with van der Waals surface area (Å²) >= 11 is 1.31. The number of para-hydroxylation sites is 1. The summed E-state index contributed by atoms with van der Waals surface area (Å²) < 4.78 is 0. The molecule has 1 aliphatic heterocycles. The summed E-state index contributed by atoms with van der Waals surface area (Å²) in [5, 5.41) is 1.21. The first kappa shape index (κ1) is 15.0. The SMILES string of the molecule is CC(=O)SCC1CC(=O)N(Cc2ccnc3ccccc23)C1. The second-order valence-electron chi connectivity index (χ2n) is 5.63. The summed E-state index contributed by atoms with van der Waals surface area (Å²) in [7, 11) is 0. The molecule has 1 unspecified atom stereocenters. The van der Waals surface area contributed by atoms with E-state index >= 15 is 0 Å². The van der Waals surface area contributed by atoms with Gasteiger partial charge in [0.2, 0.25) is 5.91 Å². The van der Waals surface area contributed by atoms with Gasteiger partial charge in [0, 0.05) is 43.8 Å². The molecule has 3 rings (SSSR count). The number of nitrogens with zero attached hydrogens (tertiary/aromatic N) is 2. The first-order valence-corrected chi connectivity index (χ1v) is 8.36. The minimum Gasteiger partial charge on any atom is -0.338 e. The molecule has 0 bridgehead atoms. The van der Waals surface area contributed by atoms with Crippen molar-refractivity contribution < 1.29 is 9.59 Å². The Labute approximate surface area is 133 Å². The number of benzene rings is 1. The number of aromatic nitrogens is 1. The topological polar surface area (TPSA) is 50.3 Å². The van der Waals surface area contributed by atoms with E-state index in [0.29, 0.717) is 13.0 Å². The van der Waals surface area contributed by atoms with Crippen LogP contribution in [-0.4, -0.2) is 33.2 Å². The quantitative estimate of drug-likeness (QED) is 0.871. The molecule has 1 saturated heterocycles. The number of pyridine rings is 1. The molecule has 0 radical (unpaired) electrons. The van der Waals surface area contributed by atoms with Crippen molar-refractivity contribution in [3.63, 3.8) is 0 Å². The van der Waals surface area contributed by atoms with Crippen molar-refractivity contribution in [1.82, 2.24) is 9.88 Å². The number of carbonyl (C=O) groups excluding carboxylic acids is 2. The van der Waals surface area contributed by atoms with E-state index in [1.54, 1.807) is 13.1 Å². The van der Waals surface area contributed by atoms with Crippen LogP contribution in [0.1, 0.15) is 18.9 Å². The van der Waals surface area contributed by atoms with E-state index < -0.39 is 0 Å². The molecule has 22 heavy (non-hydrogen) atoms. The molecule has 4 nitrogen and oxygen atoms in total. The van der Waals surface area contributed by atoms with E-state index in [4.69, 9.17) is 0 Å². The van der Waals surface area contributed by atoms with Crippen molar-refractivity contribution in [3.05, 3.63) is 42.1 Å². The fourth-order valence-electron chi connectivity index (χ4n) is 2.85. The molecule has 0 aliphatic carbocycles. The minimum absolute atomic E-state index is 0.117. The second-order valence-corrected chi connectivity index (χ2v) is 6.83. The van der Waals surface area contributed by atoms with Gasteiger partial charge in [-0.05, 0) is 23.6 Å². The van der Waals surface area contributed by atoms with Crippen molar-refractivity contribution in [2.45, 2.75) is 19.9 Å². The maximum absolute atomic E-state index is 12.2. The minimum atomic E-state index is 0.117. The predicted molar refractivity (Wildman–Crippen MR) is 88.4 cm³/mol. The third-order valence-corrected chi connectivity index (χ3v) is 4.96. The Morgan fingerprint density at radius 1 is 1.36 bits per heavy atom. The summed E-state index contributed by atoms with van der Waals surface area (Å²) in [6.07, 6.45) is 2.34. The third kappa shape index (κ3) is 3.30. The highest BCUT2D eigenvalue weighted by Gasteiger charge is 2.29. The monoisotopic (exact) mass is 314 g/mol. The van der Waals surface area contributed by atoms with E-state index in [2.05, 4.69) is 4.98 Å². The van der Waals surface area contributed by atoms with Gasteiger partial charge in [-0.3, -0.25) is 14.6 Å². The van der Waals surface area contributed by atoms with Gasteiger partial charge in [-0.15, -0.1) is 0 Å². The number of likely N-dealkylation sites (tertiary alicyclic amines) is 1. The van der Waals surface area contributed by atoms with Crippen molar-refractivity contribution in [1.29, 1.82) is 0 Å². The number of fused-ring (bicyclic) bond motifs is 1. The van der Waals surface area contributed by atoms with Crippen LogP contribution in [0.5, 0.6) is 0 Å². The van der Waals surface area contributed by atoms with Crippen molar-refractivity contribution in [2.24, 2.45) is 5.92 Å². The predicted octanol–water partition coefficient (Wildman–Crippen LogP) is 2.86. The van der Waals surface area contributed by atoms with Crippen LogP contribution in [0.15, 0.2) is 36.5 Å². The van der Waals surface area contributed by atoms with E-state index in [1.807, 2.05) is 35.2 Å². The van der Waals surface area contributed by atoms with E-state index in [1.165, 1.54) is 11.8 Å². The number of amides is 1. The van der Waals surface area contributed by atoms with Crippen LogP contribution in [0, 0.1) is 5.92 Å². The lowest BCUT2D eigenvalue weighted by Gasteiger charge is -2.17. The molecule has 1 fully saturated rings. The van der Waals surface area contributed by atoms with Gasteiger partial charge in [0.1, 0.15) is 0 Å². The summed E-state index contributed by atoms with van der Waals surface area (Å²) in [5.41, 5.74) is 2.08. The first-order chi connectivity index (χ1) is 10.6. The van der Waals surface area contributed by atoms with E-state index in [9.17, 15) is 9.59 Å². The smallest absolute Gasteiger partial charge is 0.223 e. The van der Waals surface area contributed by atoms with Gasteiger partial charge in [-0.1, -0.05) is 30.0 Å². The van der Waals surface area contributed by atoms with Gasteiger partial charge >= 0.3 is 0 Å². The summed E-state index contributed by atoms with van der Waals surface area (Å²) in [5.74, 6) is 1.18.